The molecule has 0 aliphatic heterocycles. The number of para-hydroxylation sites is 1. The predicted octanol–water partition coefficient (Wildman–Crippen LogP) is 11.1. The third-order valence-electron chi connectivity index (χ3n) is 9.43. The van der Waals surface area contributed by atoms with Gasteiger partial charge in [0.2, 0.25) is 0 Å². The maximum atomic E-state index is 2.49. The first-order valence-electron chi connectivity index (χ1n) is 14.9. The van der Waals surface area contributed by atoms with Crippen LogP contribution < -0.4 is 4.90 Å². The Morgan fingerprint density at radius 1 is 0.488 bits per heavy atom. The van der Waals surface area contributed by atoms with Gasteiger partial charge in [-0.05, 0) is 0 Å². The van der Waals surface area contributed by atoms with Crippen molar-refractivity contribution in [3.8, 4) is 11.1 Å². The molecule has 1 heterocycles. The fraction of sp³-hybridized carbons (Fsp3) is 0.0732. The molecule has 0 radical (unpaired) electrons. The number of fused-ring (bicyclic) bond motifs is 10. The predicted molar refractivity (Wildman–Crippen MR) is 186 cm³/mol. The molecule has 0 spiro atoms. The Kier molecular flexibility index (Phi) is 5.33. The first kappa shape index (κ1) is 24.9. The van der Waals surface area contributed by atoms with E-state index in [4.69, 9.17) is 0 Å². The Morgan fingerprint density at radius 2 is 1.19 bits per heavy atom. The van der Waals surface area contributed by atoms with Crippen molar-refractivity contribution in [2.24, 2.45) is 0 Å². The van der Waals surface area contributed by atoms with E-state index in [2.05, 4.69) is 158 Å². The summed E-state index contributed by atoms with van der Waals surface area (Å²) in [5, 5.41) is 8.17. The van der Waals surface area contributed by atoms with Crippen LogP contribution in [0.4, 0.5) is 17.1 Å². The van der Waals surface area contributed by atoms with Crippen LogP contribution >= 0.6 is 0 Å². The number of anilines is 3. The molecule has 9 rings (SSSR count). The molecule has 0 unspecified atom stereocenters. The fourth-order valence-corrected chi connectivity index (χ4v) is 10.2. The summed E-state index contributed by atoms with van der Waals surface area (Å²) < 4.78 is 2.96. The van der Waals surface area contributed by atoms with Crippen LogP contribution in [0.15, 0.2) is 140 Å². The van der Waals surface area contributed by atoms with Crippen LogP contribution in [-0.2, 0) is 5.41 Å². The molecule has 2 heteroatoms. The van der Waals surface area contributed by atoms with E-state index >= 15 is 0 Å². The molecular formula is C41H29NSe. The molecule has 0 saturated heterocycles. The van der Waals surface area contributed by atoms with E-state index in [-0.39, 0.29) is 19.9 Å². The molecule has 1 aromatic heterocycles. The van der Waals surface area contributed by atoms with Crippen molar-refractivity contribution in [2.75, 3.05) is 4.90 Å². The zero-order chi connectivity index (χ0) is 28.7. The molecule has 8 aromatic rings. The second-order valence-electron chi connectivity index (χ2n) is 12.2. The van der Waals surface area contributed by atoms with E-state index in [0.29, 0.717) is 0 Å². The second kappa shape index (κ2) is 9.19. The Balaban J connectivity index is 1.32. The van der Waals surface area contributed by atoms with Gasteiger partial charge in [-0.1, -0.05) is 0 Å². The van der Waals surface area contributed by atoms with E-state index in [1.165, 1.54) is 80.2 Å². The van der Waals surface area contributed by atoms with Gasteiger partial charge >= 0.3 is 258 Å². The van der Waals surface area contributed by atoms with Gasteiger partial charge in [-0.25, -0.2) is 0 Å². The third-order valence-corrected chi connectivity index (χ3v) is 12.1. The van der Waals surface area contributed by atoms with Crippen LogP contribution in [0.1, 0.15) is 25.0 Å². The van der Waals surface area contributed by atoms with Crippen molar-refractivity contribution in [1.29, 1.82) is 0 Å². The molecule has 1 nitrogen and oxygen atoms in total. The van der Waals surface area contributed by atoms with E-state index in [1.807, 2.05) is 0 Å². The standard InChI is InChI=1S/C41H29NSe/c1-41(2)35-17-9-8-15-31(35)32-24-22-29(25-36(32)41)42(28-12-4-3-5-13-28)37-18-10-16-33-34-23-21-27-20-19-26-11-6-7-14-30(26)38(27)40(34)43-39(33)37/h3-25H,1-2H3. The van der Waals surface area contributed by atoms with Crippen LogP contribution in [0.3, 0.4) is 0 Å². The van der Waals surface area contributed by atoms with Crippen molar-refractivity contribution in [3.05, 3.63) is 151 Å². The fourth-order valence-electron chi connectivity index (χ4n) is 7.34. The summed E-state index contributed by atoms with van der Waals surface area (Å²) in [6.45, 7) is 4.73. The Labute approximate surface area is 257 Å². The normalized spacial score (nSPS) is 13.5. The summed E-state index contributed by atoms with van der Waals surface area (Å²) in [6.07, 6.45) is 0. The minimum atomic E-state index is -0.0525. The maximum absolute atomic E-state index is 2.49. The third kappa shape index (κ3) is 3.58. The molecule has 0 atom stereocenters. The van der Waals surface area contributed by atoms with Crippen molar-refractivity contribution in [3.63, 3.8) is 0 Å². The molecule has 0 amide bonds. The van der Waals surface area contributed by atoms with Crippen molar-refractivity contribution in [1.82, 2.24) is 0 Å². The summed E-state index contributed by atoms with van der Waals surface area (Å²) >= 11 is 0.157. The van der Waals surface area contributed by atoms with Gasteiger partial charge in [-0.15, -0.1) is 0 Å². The van der Waals surface area contributed by atoms with E-state index < -0.39 is 0 Å². The van der Waals surface area contributed by atoms with Crippen LogP contribution in [0, 0.1) is 0 Å². The average Bonchev–Trinajstić information content (AvgIpc) is 3.55. The Morgan fingerprint density at radius 3 is 2.09 bits per heavy atom. The molecule has 0 N–H and O–H groups in total. The summed E-state index contributed by atoms with van der Waals surface area (Å²) in [5.74, 6) is 0. The average molecular weight is 615 g/mol. The van der Waals surface area contributed by atoms with Crippen molar-refractivity contribution >= 4 is 72.4 Å². The van der Waals surface area contributed by atoms with Gasteiger partial charge in [-0.3, -0.25) is 0 Å². The molecule has 0 saturated carbocycles. The molecule has 7 aromatic carbocycles. The minimum absolute atomic E-state index is 0.0525. The number of hydrogen-bond acceptors (Lipinski definition) is 1. The number of nitrogens with zero attached hydrogens (tertiary/aromatic N) is 1. The monoisotopic (exact) mass is 615 g/mol. The van der Waals surface area contributed by atoms with Gasteiger partial charge in [0, 0.05) is 0 Å². The van der Waals surface area contributed by atoms with Gasteiger partial charge in [0.25, 0.3) is 0 Å². The summed E-state index contributed by atoms with van der Waals surface area (Å²) in [5.41, 5.74) is 9.14. The van der Waals surface area contributed by atoms with E-state index in [0.717, 1.165) is 0 Å². The van der Waals surface area contributed by atoms with Gasteiger partial charge in [0.1, 0.15) is 0 Å². The topological polar surface area (TPSA) is 3.24 Å². The first-order chi connectivity index (χ1) is 21.1. The zero-order valence-electron chi connectivity index (χ0n) is 24.1. The molecule has 0 bridgehead atoms. The summed E-state index contributed by atoms with van der Waals surface area (Å²) in [6, 6.07) is 51.9. The van der Waals surface area contributed by atoms with Gasteiger partial charge in [-0.2, -0.15) is 0 Å². The number of hydrogen-bond donors (Lipinski definition) is 0. The quantitative estimate of drug-likeness (QED) is 0.141. The second-order valence-corrected chi connectivity index (χ2v) is 14.3. The SMILES string of the molecule is CC1(C)c2ccccc2-c2ccc(N(c3ccccc3)c3cccc4c3[se]c3c4ccc4ccc5ccccc5c43)cc21. The molecule has 1 aliphatic rings. The zero-order valence-corrected chi connectivity index (χ0v) is 25.8. The van der Waals surface area contributed by atoms with E-state index in [9.17, 15) is 0 Å². The van der Waals surface area contributed by atoms with Crippen LogP contribution in [0.2, 0.25) is 0 Å². The van der Waals surface area contributed by atoms with Crippen molar-refractivity contribution in [2.45, 2.75) is 19.3 Å². The number of benzene rings is 7. The molecule has 43 heavy (non-hydrogen) atoms. The van der Waals surface area contributed by atoms with Crippen LogP contribution in [-0.4, -0.2) is 14.5 Å². The van der Waals surface area contributed by atoms with E-state index in [1.54, 1.807) is 0 Å². The van der Waals surface area contributed by atoms with Crippen molar-refractivity contribution < 1.29 is 0 Å². The molecule has 1 aliphatic carbocycles. The Bertz CT molecular complexity index is 2380. The van der Waals surface area contributed by atoms with Gasteiger partial charge in [0.05, 0.1) is 0 Å². The molecule has 204 valence electrons. The van der Waals surface area contributed by atoms with Gasteiger partial charge < -0.3 is 0 Å². The Hall–Kier alpha value is -4.62. The molecule has 0 fully saturated rings. The van der Waals surface area contributed by atoms with Gasteiger partial charge in [0.15, 0.2) is 0 Å². The van der Waals surface area contributed by atoms with Crippen LogP contribution in [0.5, 0.6) is 0 Å². The summed E-state index contributed by atoms with van der Waals surface area (Å²) in [4.78, 5) is 2.49. The summed E-state index contributed by atoms with van der Waals surface area (Å²) in [7, 11) is 0. The van der Waals surface area contributed by atoms with Crippen LogP contribution in [0.25, 0.3) is 52.0 Å². The first-order valence-corrected chi connectivity index (χ1v) is 16.7. The molecular weight excluding hydrogens is 585 g/mol. The number of rotatable bonds is 3.